The number of anilines is 1. The van der Waals surface area contributed by atoms with Crippen LogP contribution in [0.25, 0.3) is 0 Å². The Bertz CT molecular complexity index is 965. The number of rotatable bonds is 6. The van der Waals surface area contributed by atoms with Crippen molar-refractivity contribution in [3.05, 3.63) is 89.9 Å². The second kappa shape index (κ2) is 8.79. The van der Waals surface area contributed by atoms with Crippen molar-refractivity contribution in [3.63, 3.8) is 0 Å². The number of benzene rings is 2. The molecule has 1 aromatic heterocycles. The van der Waals surface area contributed by atoms with Crippen LogP contribution < -0.4 is 10.7 Å². The van der Waals surface area contributed by atoms with Crippen molar-refractivity contribution in [3.8, 4) is 0 Å². The summed E-state index contributed by atoms with van der Waals surface area (Å²) in [6, 6.07) is 18.8. The van der Waals surface area contributed by atoms with Gasteiger partial charge in [0.2, 0.25) is 0 Å². The lowest BCUT2D eigenvalue weighted by molar-refractivity contribution is -0.129. The zero-order chi connectivity index (χ0) is 19.9. The van der Waals surface area contributed by atoms with Crippen molar-refractivity contribution in [2.75, 3.05) is 5.32 Å². The predicted molar refractivity (Wildman–Crippen MR) is 105 cm³/mol. The van der Waals surface area contributed by atoms with E-state index >= 15 is 0 Å². The maximum atomic E-state index is 12.0. The summed E-state index contributed by atoms with van der Waals surface area (Å²) in [7, 11) is 0. The lowest BCUT2D eigenvalue weighted by atomic mass is 10.1. The minimum atomic E-state index is -1.29. The number of amides is 2. The molecule has 7 heteroatoms. The average molecular weight is 377 g/mol. The molecule has 0 spiro atoms. The van der Waals surface area contributed by atoms with Gasteiger partial charge in [-0.15, -0.1) is 0 Å². The highest BCUT2D eigenvalue weighted by Gasteiger charge is 2.16. The van der Waals surface area contributed by atoms with Crippen molar-refractivity contribution in [2.24, 2.45) is 5.10 Å². The summed E-state index contributed by atoms with van der Waals surface area (Å²) in [6.07, 6.45) is 0.137. The molecule has 3 aromatic rings. The molecule has 0 saturated carbocycles. The molecule has 3 rings (SSSR count). The molecule has 1 heterocycles. The lowest BCUT2D eigenvalue weighted by Crippen LogP contribution is -2.26. The van der Waals surface area contributed by atoms with Gasteiger partial charge in [-0.2, -0.15) is 5.10 Å². The standard InChI is InChI=1S/C21H19N3O4/c1-14(23-24-21(27)19(25)16-6-3-2-4-7-16)15-9-11-17(12-10-15)22-20(26)18-8-5-13-28-18/h2-13,19,25H,1H3,(H,22,26)(H,24,27)/b23-14-/t19-/m1/s1. The van der Waals surface area contributed by atoms with Crippen LogP contribution in [0.15, 0.2) is 82.5 Å². The summed E-state index contributed by atoms with van der Waals surface area (Å²) in [5.41, 5.74) is 4.76. The van der Waals surface area contributed by atoms with Crippen LogP contribution in [0.1, 0.15) is 34.7 Å². The van der Waals surface area contributed by atoms with Crippen molar-refractivity contribution >= 4 is 23.2 Å². The van der Waals surface area contributed by atoms with E-state index in [9.17, 15) is 14.7 Å². The Morgan fingerprint density at radius 1 is 1.00 bits per heavy atom. The van der Waals surface area contributed by atoms with E-state index in [0.29, 0.717) is 17.0 Å². The SMILES string of the molecule is C/C(=N/NC(=O)[C@H](O)c1ccccc1)c1ccc(NC(=O)c2ccco2)cc1. The van der Waals surface area contributed by atoms with Crippen LogP contribution in [0.3, 0.4) is 0 Å². The molecule has 1 atom stereocenters. The maximum Gasteiger partial charge on any atom is 0.291 e. The molecule has 0 unspecified atom stereocenters. The quantitative estimate of drug-likeness (QED) is 0.453. The molecular weight excluding hydrogens is 358 g/mol. The fourth-order valence-electron chi connectivity index (χ4n) is 2.45. The minimum Gasteiger partial charge on any atom is -0.459 e. The predicted octanol–water partition coefficient (Wildman–Crippen LogP) is 3.11. The molecule has 3 N–H and O–H groups in total. The van der Waals surface area contributed by atoms with Gasteiger partial charge in [-0.25, -0.2) is 5.43 Å². The first-order valence-electron chi connectivity index (χ1n) is 8.57. The molecule has 0 aliphatic carbocycles. The molecule has 0 aliphatic rings. The van der Waals surface area contributed by atoms with Crippen LogP contribution in [-0.2, 0) is 4.79 Å². The number of nitrogens with one attached hydrogen (secondary N) is 2. The Morgan fingerprint density at radius 3 is 2.36 bits per heavy atom. The van der Waals surface area contributed by atoms with Crippen molar-refractivity contribution < 1.29 is 19.1 Å². The first kappa shape index (κ1) is 19.1. The molecule has 7 nitrogen and oxygen atoms in total. The second-order valence-corrected chi connectivity index (χ2v) is 6.00. The van der Waals surface area contributed by atoms with E-state index in [2.05, 4.69) is 15.8 Å². The summed E-state index contributed by atoms with van der Waals surface area (Å²) < 4.78 is 5.04. The highest BCUT2D eigenvalue weighted by Crippen LogP contribution is 2.14. The summed E-state index contributed by atoms with van der Waals surface area (Å²) in [4.78, 5) is 24.0. The molecular formula is C21H19N3O4. The van der Waals surface area contributed by atoms with E-state index in [0.717, 1.165) is 5.56 Å². The highest BCUT2D eigenvalue weighted by molar-refractivity contribution is 6.03. The molecule has 0 aliphatic heterocycles. The van der Waals surface area contributed by atoms with Gasteiger partial charge in [-0.3, -0.25) is 9.59 Å². The molecule has 0 radical (unpaired) electrons. The van der Waals surface area contributed by atoms with Crippen molar-refractivity contribution in [2.45, 2.75) is 13.0 Å². The number of furan rings is 1. The molecule has 0 fully saturated rings. The molecule has 2 amide bonds. The number of aliphatic hydroxyl groups is 1. The average Bonchev–Trinajstić information content (AvgIpc) is 3.27. The van der Waals surface area contributed by atoms with E-state index < -0.39 is 12.0 Å². The van der Waals surface area contributed by atoms with E-state index in [1.165, 1.54) is 6.26 Å². The van der Waals surface area contributed by atoms with Gasteiger partial charge in [0, 0.05) is 5.69 Å². The molecule has 0 bridgehead atoms. The van der Waals surface area contributed by atoms with Gasteiger partial charge in [0.25, 0.3) is 11.8 Å². The Kier molecular flexibility index (Phi) is 5.98. The van der Waals surface area contributed by atoms with Crippen LogP contribution in [0, 0.1) is 0 Å². The van der Waals surface area contributed by atoms with Crippen LogP contribution in [-0.4, -0.2) is 22.6 Å². The fraction of sp³-hybridized carbons (Fsp3) is 0.0952. The van der Waals surface area contributed by atoms with Gasteiger partial charge >= 0.3 is 0 Å². The zero-order valence-corrected chi connectivity index (χ0v) is 15.1. The fourth-order valence-corrected chi connectivity index (χ4v) is 2.45. The first-order chi connectivity index (χ1) is 13.5. The summed E-state index contributed by atoms with van der Waals surface area (Å²) >= 11 is 0. The summed E-state index contributed by atoms with van der Waals surface area (Å²) in [5.74, 6) is -0.736. The molecule has 2 aromatic carbocycles. The van der Waals surface area contributed by atoms with Gasteiger partial charge in [0.15, 0.2) is 11.9 Å². The Morgan fingerprint density at radius 2 is 1.71 bits per heavy atom. The number of hydrazone groups is 1. The van der Waals surface area contributed by atoms with E-state index in [4.69, 9.17) is 4.42 Å². The number of nitrogens with zero attached hydrogens (tertiary/aromatic N) is 1. The Hall–Kier alpha value is -3.71. The van der Waals surface area contributed by atoms with Crippen LogP contribution in [0.4, 0.5) is 5.69 Å². The number of carbonyl (C=O) groups is 2. The second-order valence-electron chi connectivity index (χ2n) is 6.00. The zero-order valence-electron chi connectivity index (χ0n) is 15.1. The molecule has 0 saturated heterocycles. The first-order valence-corrected chi connectivity index (χ1v) is 8.57. The highest BCUT2D eigenvalue weighted by atomic mass is 16.3. The monoisotopic (exact) mass is 377 g/mol. The van der Waals surface area contributed by atoms with Crippen LogP contribution >= 0.6 is 0 Å². The maximum absolute atomic E-state index is 12.0. The summed E-state index contributed by atoms with van der Waals surface area (Å²) in [5, 5.41) is 16.8. The third-order valence-corrected chi connectivity index (χ3v) is 4.00. The van der Waals surface area contributed by atoms with Gasteiger partial charge in [0.05, 0.1) is 12.0 Å². The third kappa shape index (κ3) is 4.72. The topological polar surface area (TPSA) is 104 Å². The van der Waals surface area contributed by atoms with Gasteiger partial charge < -0.3 is 14.8 Å². The Labute approximate surface area is 161 Å². The van der Waals surface area contributed by atoms with E-state index in [-0.39, 0.29) is 11.7 Å². The minimum absolute atomic E-state index is 0.224. The normalized spacial score (nSPS) is 12.3. The number of hydrogen-bond donors (Lipinski definition) is 3. The smallest absolute Gasteiger partial charge is 0.291 e. The van der Waals surface area contributed by atoms with Gasteiger partial charge in [0.1, 0.15) is 0 Å². The van der Waals surface area contributed by atoms with Gasteiger partial charge in [-0.05, 0) is 42.3 Å². The molecule has 28 heavy (non-hydrogen) atoms. The number of carbonyl (C=O) groups excluding carboxylic acids is 2. The Balaban J connectivity index is 1.60. The van der Waals surface area contributed by atoms with Crippen LogP contribution in [0.5, 0.6) is 0 Å². The van der Waals surface area contributed by atoms with Gasteiger partial charge in [-0.1, -0.05) is 42.5 Å². The third-order valence-electron chi connectivity index (χ3n) is 4.00. The summed E-state index contributed by atoms with van der Waals surface area (Å²) in [6.45, 7) is 1.73. The van der Waals surface area contributed by atoms with Crippen LogP contribution in [0.2, 0.25) is 0 Å². The van der Waals surface area contributed by atoms with E-state index in [1.807, 2.05) is 0 Å². The number of aliphatic hydroxyl groups excluding tert-OH is 1. The molecule has 142 valence electrons. The largest absolute Gasteiger partial charge is 0.459 e. The lowest BCUT2D eigenvalue weighted by Gasteiger charge is -2.10. The van der Waals surface area contributed by atoms with E-state index in [1.54, 1.807) is 73.7 Å². The van der Waals surface area contributed by atoms with Crippen molar-refractivity contribution in [1.82, 2.24) is 5.43 Å². The van der Waals surface area contributed by atoms with Crippen molar-refractivity contribution in [1.29, 1.82) is 0 Å². The number of hydrogen-bond acceptors (Lipinski definition) is 5.